The van der Waals surface area contributed by atoms with Crippen LogP contribution in [-0.4, -0.2) is 5.71 Å². The molecule has 66 valence electrons. The summed E-state index contributed by atoms with van der Waals surface area (Å²) in [7, 11) is 0. The van der Waals surface area contributed by atoms with Crippen LogP contribution in [0.25, 0.3) is 0 Å². The minimum Gasteiger partial charge on any atom is -0.263 e. The molecule has 0 saturated heterocycles. The van der Waals surface area contributed by atoms with E-state index in [0.29, 0.717) is 0 Å². The Labute approximate surface area is 72.7 Å². The molecule has 0 saturated carbocycles. The lowest BCUT2D eigenvalue weighted by Gasteiger charge is -2.04. The van der Waals surface area contributed by atoms with E-state index in [1.54, 1.807) is 0 Å². The minimum absolute atomic E-state index is 0.184. The van der Waals surface area contributed by atoms with Crippen LogP contribution in [0.3, 0.4) is 0 Å². The molecule has 0 aromatic rings. The Morgan fingerprint density at radius 3 is 3.00 bits per heavy atom. The third kappa shape index (κ3) is 2.29. The summed E-state index contributed by atoms with van der Waals surface area (Å²) in [6.07, 6.45) is 5.87. The van der Waals surface area contributed by atoms with Gasteiger partial charge in [-0.05, 0) is 31.8 Å². The second-order valence-corrected chi connectivity index (χ2v) is 2.96. The molecule has 0 amide bonds. The Bertz CT molecular complexity index is 249. The first-order valence-corrected chi connectivity index (χ1v) is 4.32. The maximum absolute atomic E-state index is 13.1. The normalized spacial score (nSPS) is 31.8. The number of nitrogens with zero attached hydrogens (tertiary/aromatic N) is 1. The van der Waals surface area contributed by atoms with Crippen molar-refractivity contribution in [2.75, 3.05) is 0 Å². The maximum atomic E-state index is 13.1. The Hall–Kier alpha value is -0.920. The largest absolute Gasteiger partial charge is 0.263 e. The fourth-order valence-electron chi connectivity index (χ4n) is 1.18. The number of rotatable bonds is 1. The van der Waals surface area contributed by atoms with Crippen molar-refractivity contribution in [2.45, 2.75) is 33.1 Å². The molecule has 0 N–H and O–H groups in total. The Kier molecular flexibility index (Phi) is 3.20. The highest BCUT2D eigenvalue weighted by Gasteiger charge is 2.03. The number of halogens is 1. The molecule has 1 rings (SSSR count). The van der Waals surface area contributed by atoms with Gasteiger partial charge in [-0.1, -0.05) is 13.0 Å². The lowest BCUT2D eigenvalue weighted by atomic mass is 10.1. The molecule has 1 heterocycles. The summed E-state index contributed by atoms with van der Waals surface area (Å²) in [6, 6.07) is 0. The number of allylic oxidation sites excluding steroid dienone is 3. The molecule has 0 unspecified atom stereocenters. The molecule has 1 aliphatic rings. The Morgan fingerprint density at radius 1 is 1.58 bits per heavy atom. The monoisotopic (exact) mass is 167 g/mol. The average Bonchev–Trinajstić information content (AvgIpc) is 2.06. The topological polar surface area (TPSA) is 12.4 Å². The van der Waals surface area contributed by atoms with Crippen molar-refractivity contribution in [3.05, 3.63) is 23.7 Å². The van der Waals surface area contributed by atoms with Gasteiger partial charge in [0.2, 0.25) is 0 Å². The molecule has 0 aromatic heterocycles. The van der Waals surface area contributed by atoms with Crippen LogP contribution in [0.15, 0.2) is 28.7 Å². The fraction of sp³-hybridized carbons (Fsp3) is 0.500. The SMILES string of the molecule is CCC1=C/CC/C(C)=N/C=C\1F. The van der Waals surface area contributed by atoms with Crippen LogP contribution in [0.1, 0.15) is 33.1 Å². The van der Waals surface area contributed by atoms with Crippen LogP contribution in [-0.2, 0) is 0 Å². The average molecular weight is 167 g/mol. The first kappa shape index (κ1) is 9.17. The van der Waals surface area contributed by atoms with Gasteiger partial charge < -0.3 is 0 Å². The van der Waals surface area contributed by atoms with E-state index in [1.165, 1.54) is 6.20 Å². The molecule has 1 nitrogen and oxygen atoms in total. The van der Waals surface area contributed by atoms with Crippen LogP contribution >= 0.6 is 0 Å². The second-order valence-electron chi connectivity index (χ2n) is 2.96. The van der Waals surface area contributed by atoms with Crippen LogP contribution in [0, 0.1) is 0 Å². The molecule has 12 heavy (non-hydrogen) atoms. The van der Waals surface area contributed by atoms with Gasteiger partial charge in [0, 0.05) is 5.71 Å². The second kappa shape index (κ2) is 4.19. The quantitative estimate of drug-likeness (QED) is 0.567. The molecular weight excluding hydrogens is 153 g/mol. The van der Waals surface area contributed by atoms with E-state index >= 15 is 0 Å². The van der Waals surface area contributed by atoms with E-state index in [2.05, 4.69) is 4.99 Å². The molecule has 0 radical (unpaired) electrons. The molecule has 0 spiro atoms. The zero-order valence-electron chi connectivity index (χ0n) is 7.60. The molecule has 0 aromatic carbocycles. The molecule has 0 bridgehead atoms. The minimum atomic E-state index is -0.184. The zero-order chi connectivity index (χ0) is 8.97. The molecule has 2 heteroatoms. The van der Waals surface area contributed by atoms with Gasteiger partial charge in [0.1, 0.15) is 5.83 Å². The highest BCUT2D eigenvalue weighted by atomic mass is 19.1. The van der Waals surface area contributed by atoms with Gasteiger partial charge in [-0.25, -0.2) is 4.39 Å². The summed E-state index contributed by atoms with van der Waals surface area (Å²) in [5.74, 6) is -0.184. The molecule has 1 aliphatic heterocycles. The summed E-state index contributed by atoms with van der Waals surface area (Å²) in [5.41, 5.74) is 1.78. The van der Waals surface area contributed by atoms with E-state index in [0.717, 1.165) is 30.5 Å². The number of aliphatic imine (C=N–C) groups is 1. The summed E-state index contributed by atoms with van der Waals surface area (Å²) in [5, 5.41) is 0. The maximum Gasteiger partial charge on any atom is 0.144 e. The van der Waals surface area contributed by atoms with E-state index in [-0.39, 0.29) is 5.83 Å². The van der Waals surface area contributed by atoms with Crippen LogP contribution in [0.4, 0.5) is 4.39 Å². The smallest absolute Gasteiger partial charge is 0.144 e. The first-order chi connectivity index (χ1) is 5.74. The standard InChI is InChI=1S/C10H14FN/c1-3-9-6-4-5-8(2)12-7-10(9)11/h6-7H,3-5H2,1-2H3/b9-6-,10-7+,12-8+. The highest BCUT2D eigenvalue weighted by molar-refractivity contribution is 5.82. The summed E-state index contributed by atoms with van der Waals surface area (Å²) in [4.78, 5) is 4.00. The summed E-state index contributed by atoms with van der Waals surface area (Å²) < 4.78 is 13.1. The van der Waals surface area contributed by atoms with Gasteiger partial charge in [-0.15, -0.1) is 0 Å². The van der Waals surface area contributed by atoms with Crippen LogP contribution < -0.4 is 0 Å². The molecular formula is C10H14FN. The van der Waals surface area contributed by atoms with E-state index in [9.17, 15) is 4.39 Å². The highest BCUT2D eigenvalue weighted by Crippen LogP contribution is 2.18. The van der Waals surface area contributed by atoms with Crippen molar-refractivity contribution in [3.63, 3.8) is 0 Å². The van der Waals surface area contributed by atoms with Crippen LogP contribution in [0.2, 0.25) is 0 Å². The van der Waals surface area contributed by atoms with E-state index in [1.807, 2.05) is 19.9 Å². The predicted molar refractivity (Wildman–Crippen MR) is 49.9 cm³/mol. The number of hydrogen-bond donors (Lipinski definition) is 0. The fourth-order valence-corrected chi connectivity index (χ4v) is 1.18. The number of hydrogen-bond acceptors (Lipinski definition) is 1. The van der Waals surface area contributed by atoms with Gasteiger partial charge in [0.25, 0.3) is 0 Å². The van der Waals surface area contributed by atoms with E-state index in [4.69, 9.17) is 0 Å². The summed E-state index contributed by atoms with van der Waals surface area (Å²) >= 11 is 0. The van der Waals surface area contributed by atoms with Gasteiger partial charge in [-0.3, -0.25) is 4.99 Å². The van der Waals surface area contributed by atoms with Crippen molar-refractivity contribution >= 4 is 5.71 Å². The molecule has 0 aliphatic carbocycles. The first-order valence-electron chi connectivity index (χ1n) is 4.32. The third-order valence-electron chi connectivity index (χ3n) is 1.98. The molecule has 0 fully saturated rings. The van der Waals surface area contributed by atoms with Crippen molar-refractivity contribution in [2.24, 2.45) is 4.99 Å². The van der Waals surface area contributed by atoms with Crippen molar-refractivity contribution in [3.8, 4) is 0 Å². The van der Waals surface area contributed by atoms with Crippen LogP contribution in [0.5, 0.6) is 0 Å². The van der Waals surface area contributed by atoms with Crippen molar-refractivity contribution in [1.29, 1.82) is 0 Å². The summed E-state index contributed by atoms with van der Waals surface area (Å²) in [6.45, 7) is 3.88. The van der Waals surface area contributed by atoms with Gasteiger partial charge in [0.05, 0.1) is 6.20 Å². The van der Waals surface area contributed by atoms with Crippen molar-refractivity contribution < 1.29 is 4.39 Å². The Morgan fingerprint density at radius 2 is 2.33 bits per heavy atom. The Balaban J connectivity index is 2.86. The van der Waals surface area contributed by atoms with E-state index < -0.39 is 0 Å². The third-order valence-corrected chi connectivity index (χ3v) is 1.98. The van der Waals surface area contributed by atoms with Crippen molar-refractivity contribution in [1.82, 2.24) is 0 Å². The van der Waals surface area contributed by atoms with Gasteiger partial charge in [-0.2, -0.15) is 0 Å². The molecule has 0 atom stereocenters. The zero-order valence-corrected chi connectivity index (χ0v) is 7.60. The lowest BCUT2D eigenvalue weighted by Crippen LogP contribution is -1.93. The van der Waals surface area contributed by atoms with Gasteiger partial charge >= 0.3 is 0 Å². The van der Waals surface area contributed by atoms with Gasteiger partial charge in [0.15, 0.2) is 0 Å². The lowest BCUT2D eigenvalue weighted by molar-refractivity contribution is 0.636. The predicted octanol–water partition coefficient (Wildman–Crippen LogP) is 3.39.